The zero-order valence-electron chi connectivity index (χ0n) is 4.57. The fourth-order valence-corrected chi connectivity index (χ4v) is 0.541. The van der Waals surface area contributed by atoms with Gasteiger partial charge in [0.15, 0.2) is 0 Å². The molecular formula is C5H5NO3. The minimum Gasteiger partial charge on any atom is -0.278 e. The molecule has 1 aliphatic heterocycles. The normalized spacial score (nSPS) is 19.0. The average Bonchev–Trinajstić information content (AvgIpc) is 1.83. The maximum Gasteiger partial charge on any atom is 0.277 e. The lowest BCUT2D eigenvalue weighted by molar-refractivity contribution is -0.175. The molecular weight excluding hydrogens is 122 g/mol. The Hall–Kier alpha value is -1.16. The Bertz CT molecular complexity index is 185. The van der Waals surface area contributed by atoms with E-state index >= 15 is 0 Å². The van der Waals surface area contributed by atoms with Gasteiger partial charge in [-0.15, -0.1) is 0 Å². The zero-order chi connectivity index (χ0) is 6.85. The van der Waals surface area contributed by atoms with E-state index in [0.29, 0.717) is 0 Å². The van der Waals surface area contributed by atoms with Crippen molar-refractivity contribution in [1.82, 2.24) is 5.06 Å². The van der Waals surface area contributed by atoms with Crippen LogP contribution in [0.3, 0.4) is 0 Å². The van der Waals surface area contributed by atoms with Crippen LogP contribution in [-0.4, -0.2) is 22.1 Å². The molecule has 2 amide bonds. The number of carbonyl (C=O) groups excluding carboxylic acids is 2. The zero-order valence-corrected chi connectivity index (χ0v) is 4.57. The summed E-state index contributed by atoms with van der Waals surface area (Å²) in [5.74, 6) is -1.26. The molecule has 0 bridgehead atoms. The lowest BCUT2D eigenvalue weighted by atomic mass is 10.3. The van der Waals surface area contributed by atoms with Crippen molar-refractivity contribution in [2.24, 2.45) is 0 Å². The summed E-state index contributed by atoms with van der Waals surface area (Å²) in [6.07, 6.45) is 2.67. The first kappa shape index (κ1) is 5.97. The second-order valence-electron chi connectivity index (χ2n) is 1.65. The van der Waals surface area contributed by atoms with Crippen LogP contribution < -0.4 is 0 Å². The summed E-state index contributed by atoms with van der Waals surface area (Å²) in [6, 6.07) is 0. The highest BCUT2D eigenvalue weighted by molar-refractivity contribution is 6.02. The fraction of sp³-hybridized carbons (Fsp3) is 0.200. The molecule has 0 spiro atoms. The first-order valence-corrected chi connectivity index (χ1v) is 2.44. The van der Waals surface area contributed by atoms with E-state index in [2.05, 4.69) is 0 Å². The van der Waals surface area contributed by atoms with Crippen LogP contribution in [0.5, 0.6) is 0 Å². The smallest absolute Gasteiger partial charge is 0.277 e. The molecule has 1 aliphatic rings. The predicted octanol–water partition coefficient (Wildman–Crippen LogP) is -0.309. The maximum absolute atomic E-state index is 10.4. The number of hydrogen-bond donors (Lipinski definition) is 1. The monoisotopic (exact) mass is 127 g/mol. The number of nitrogens with zero attached hydrogens (tertiary/aromatic N) is 1. The number of imide groups is 1. The van der Waals surface area contributed by atoms with Crippen LogP contribution in [0.1, 0.15) is 6.42 Å². The highest BCUT2D eigenvalue weighted by Crippen LogP contribution is 2.00. The summed E-state index contributed by atoms with van der Waals surface area (Å²) in [4.78, 5) is 20.8. The number of rotatable bonds is 0. The van der Waals surface area contributed by atoms with Crippen molar-refractivity contribution in [3.8, 4) is 0 Å². The van der Waals surface area contributed by atoms with E-state index < -0.39 is 11.8 Å². The van der Waals surface area contributed by atoms with Crippen LogP contribution in [-0.2, 0) is 9.59 Å². The minimum atomic E-state index is -0.675. The molecule has 1 heterocycles. The quantitative estimate of drug-likeness (QED) is 0.358. The van der Waals surface area contributed by atoms with Crippen molar-refractivity contribution < 1.29 is 14.8 Å². The molecule has 9 heavy (non-hydrogen) atoms. The molecule has 0 aromatic heterocycles. The Balaban J connectivity index is 2.81. The van der Waals surface area contributed by atoms with Gasteiger partial charge < -0.3 is 0 Å². The summed E-state index contributed by atoms with van der Waals surface area (Å²) in [5.41, 5.74) is 0. The van der Waals surface area contributed by atoms with Gasteiger partial charge in [0.1, 0.15) is 0 Å². The van der Waals surface area contributed by atoms with Gasteiger partial charge in [-0.3, -0.25) is 14.8 Å². The van der Waals surface area contributed by atoms with Crippen molar-refractivity contribution >= 4 is 11.8 Å². The van der Waals surface area contributed by atoms with E-state index in [1.165, 1.54) is 6.08 Å². The standard InChI is InChI=1S/C5H5NO3/c7-4-2-1-3-5(8)6(4)9/h1-2,9H,3H2. The lowest BCUT2D eigenvalue weighted by Crippen LogP contribution is -2.34. The van der Waals surface area contributed by atoms with E-state index in [0.717, 1.165) is 6.08 Å². The van der Waals surface area contributed by atoms with E-state index in [1.54, 1.807) is 0 Å². The van der Waals surface area contributed by atoms with E-state index in [4.69, 9.17) is 5.21 Å². The first-order chi connectivity index (χ1) is 4.22. The molecule has 0 radical (unpaired) electrons. The molecule has 1 N–H and O–H groups in total. The van der Waals surface area contributed by atoms with Gasteiger partial charge in [0, 0.05) is 12.5 Å². The molecule has 48 valence electrons. The molecule has 4 heteroatoms. The highest BCUT2D eigenvalue weighted by atomic mass is 16.5. The van der Waals surface area contributed by atoms with Gasteiger partial charge in [0.2, 0.25) is 0 Å². The molecule has 4 nitrogen and oxygen atoms in total. The summed E-state index contributed by atoms with van der Waals surface area (Å²) >= 11 is 0. The number of amides is 2. The number of hydroxylamine groups is 2. The second kappa shape index (κ2) is 1.99. The van der Waals surface area contributed by atoms with Crippen LogP contribution in [0.4, 0.5) is 0 Å². The van der Waals surface area contributed by atoms with Crippen LogP contribution in [0, 0.1) is 0 Å². The van der Waals surface area contributed by atoms with Gasteiger partial charge in [-0.2, -0.15) is 5.06 Å². The Morgan fingerprint density at radius 1 is 1.56 bits per heavy atom. The summed E-state index contributed by atoms with van der Waals surface area (Å²) in [5, 5.41) is 8.64. The molecule has 0 atom stereocenters. The molecule has 0 aromatic carbocycles. The van der Waals surface area contributed by atoms with Gasteiger partial charge in [-0.25, -0.2) is 0 Å². The lowest BCUT2D eigenvalue weighted by Gasteiger charge is -2.11. The number of carbonyl (C=O) groups is 2. The third-order valence-corrected chi connectivity index (χ3v) is 0.998. The second-order valence-corrected chi connectivity index (χ2v) is 1.65. The average molecular weight is 127 g/mol. The van der Waals surface area contributed by atoms with Crippen molar-refractivity contribution in [1.29, 1.82) is 0 Å². The van der Waals surface area contributed by atoms with Crippen molar-refractivity contribution in [2.45, 2.75) is 6.42 Å². The van der Waals surface area contributed by atoms with Crippen molar-refractivity contribution in [3.05, 3.63) is 12.2 Å². The van der Waals surface area contributed by atoms with Crippen LogP contribution in [0.25, 0.3) is 0 Å². The van der Waals surface area contributed by atoms with Crippen LogP contribution >= 0.6 is 0 Å². The Labute approximate surface area is 51.3 Å². The first-order valence-electron chi connectivity index (χ1n) is 2.44. The fourth-order valence-electron chi connectivity index (χ4n) is 0.541. The Morgan fingerprint density at radius 3 is 2.67 bits per heavy atom. The SMILES string of the molecule is O=C1C=CCC(=O)N1O. The van der Waals surface area contributed by atoms with E-state index in [-0.39, 0.29) is 11.5 Å². The Morgan fingerprint density at radius 2 is 2.22 bits per heavy atom. The minimum absolute atomic E-state index is 0.0994. The largest absolute Gasteiger partial charge is 0.278 e. The summed E-state index contributed by atoms with van der Waals surface area (Å²) in [6.45, 7) is 0. The molecule has 0 fully saturated rings. The van der Waals surface area contributed by atoms with Gasteiger partial charge >= 0.3 is 0 Å². The van der Waals surface area contributed by atoms with Crippen LogP contribution in [0.2, 0.25) is 0 Å². The van der Waals surface area contributed by atoms with Gasteiger partial charge in [-0.05, 0) is 0 Å². The maximum atomic E-state index is 10.4. The molecule has 0 aliphatic carbocycles. The van der Waals surface area contributed by atoms with Crippen molar-refractivity contribution in [3.63, 3.8) is 0 Å². The number of hydrogen-bond acceptors (Lipinski definition) is 3. The summed E-state index contributed by atoms with van der Waals surface area (Å²) < 4.78 is 0. The van der Waals surface area contributed by atoms with Crippen molar-refractivity contribution in [2.75, 3.05) is 0 Å². The molecule has 0 saturated heterocycles. The van der Waals surface area contributed by atoms with E-state index in [1.807, 2.05) is 0 Å². The molecule has 1 rings (SSSR count). The van der Waals surface area contributed by atoms with Crippen LogP contribution in [0.15, 0.2) is 12.2 Å². The van der Waals surface area contributed by atoms with E-state index in [9.17, 15) is 9.59 Å². The topological polar surface area (TPSA) is 57.6 Å². The Kier molecular flexibility index (Phi) is 1.32. The third kappa shape index (κ3) is 0.972. The molecule has 0 saturated carbocycles. The highest BCUT2D eigenvalue weighted by Gasteiger charge is 2.18. The van der Waals surface area contributed by atoms with Gasteiger partial charge in [0.05, 0.1) is 0 Å². The van der Waals surface area contributed by atoms with Gasteiger partial charge in [0.25, 0.3) is 11.8 Å². The third-order valence-electron chi connectivity index (χ3n) is 0.998. The molecule has 0 aromatic rings. The molecule has 0 unspecified atom stereocenters. The summed E-state index contributed by atoms with van der Waals surface area (Å²) in [7, 11) is 0. The predicted molar refractivity (Wildman–Crippen MR) is 27.4 cm³/mol. The van der Waals surface area contributed by atoms with Gasteiger partial charge in [-0.1, -0.05) is 6.08 Å².